The Morgan fingerprint density at radius 1 is 1.35 bits per heavy atom. The van der Waals surface area contributed by atoms with Crippen molar-refractivity contribution in [2.45, 2.75) is 26.8 Å². The Morgan fingerprint density at radius 3 is 2.91 bits per heavy atom. The first kappa shape index (κ1) is 15.4. The van der Waals surface area contributed by atoms with Gasteiger partial charge in [0.1, 0.15) is 5.69 Å². The molecule has 0 radical (unpaired) electrons. The summed E-state index contributed by atoms with van der Waals surface area (Å²) < 4.78 is 1.91. The van der Waals surface area contributed by atoms with Crippen LogP contribution >= 0.6 is 11.3 Å². The van der Waals surface area contributed by atoms with Gasteiger partial charge >= 0.3 is 0 Å². The number of rotatable bonds is 5. The Morgan fingerprint density at radius 2 is 2.22 bits per heavy atom. The van der Waals surface area contributed by atoms with Gasteiger partial charge in [0.05, 0.1) is 5.69 Å². The van der Waals surface area contributed by atoms with E-state index in [1.54, 1.807) is 12.4 Å². The third-order valence-electron chi connectivity index (χ3n) is 3.59. The second kappa shape index (κ2) is 6.75. The monoisotopic (exact) mass is 326 g/mol. The second-order valence-electron chi connectivity index (χ2n) is 5.21. The molecule has 0 atom stereocenters. The van der Waals surface area contributed by atoms with Crippen LogP contribution in [0.2, 0.25) is 0 Å². The van der Waals surface area contributed by atoms with Crippen molar-refractivity contribution >= 4 is 22.4 Å². The molecule has 0 bridgehead atoms. The molecule has 0 aliphatic carbocycles. The van der Waals surface area contributed by atoms with Crippen molar-refractivity contribution in [3.8, 4) is 0 Å². The zero-order valence-electron chi connectivity index (χ0n) is 13.1. The van der Waals surface area contributed by atoms with Gasteiger partial charge in [-0.25, -0.2) is 4.98 Å². The summed E-state index contributed by atoms with van der Waals surface area (Å²) in [7, 11) is 0. The number of carbonyl (C=O) groups is 1. The fourth-order valence-corrected chi connectivity index (χ4v) is 3.31. The van der Waals surface area contributed by atoms with Crippen molar-refractivity contribution < 1.29 is 4.79 Å². The van der Waals surface area contributed by atoms with Gasteiger partial charge in [-0.1, -0.05) is 13.0 Å². The lowest BCUT2D eigenvalue weighted by atomic mass is 10.3. The summed E-state index contributed by atoms with van der Waals surface area (Å²) in [6, 6.07) is 7.57. The number of aromatic nitrogens is 3. The maximum Gasteiger partial charge on any atom is 0.274 e. The molecule has 0 spiro atoms. The Balaban J connectivity index is 1.76. The number of amides is 1. The minimum Gasteiger partial charge on any atom is -0.339 e. The van der Waals surface area contributed by atoms with E-state index < -0.39 is 0 Å². The first-order valence-electron chi connectivity index (χ1n) is 7.49. The van der Waals surface area contributed by atoms with Gasteiger partial charge in [-0.3, -0.25) is 15.1 Å². The zero-order valence-corrected chi connectivity index (χ0v) is 13.9. The number of hydrogen-bond donors (Lipinski definition) is 1. The van der Waals surface area contributed by atoms with Crippen LogP contribution in [-0.4, -0.2) is 20.4 Å². The smallest absolute Gasteiger partial charge is 0.274 e. The molecule has 3 heterocycles. The van der Waals surface area contributed by atoms with Crippen LogP contribution in [0, 0.1) is 6.92 Å². The molecule has 0 aliphatic heterocycles. The van der Waals surface area contributed by atoms with Crippen molar-refractivity contribution in [1.29, 1.82) is 0 Å². The number of nitrogens with zero attached hydrogens (tertiary/aromatic N) is 3. The van der Waals surface area contributed by atoms with Crippen LogP contribution in [0.3, 0.4) is 0 Å². The molecule has 0 saturated heterocycles. The van der Waals surface area contributed by atoms with Gasteiger partial charge in [0.2, 0.25) is 0 Å². The molecule has 5 nitrogen and oxygen atoms in total. The molecule has 0 aromatic carbocycles. The van der Waals surface area contributed by atoms with Crippen molar-refractivity contribution in [1.82, 2.24) is 14.5 Å². The molecule has 3 aromatic heterocycles. The van der Waals surface area contributed by atoms with Gasteiger partial charge in [0, 0.05) is 30.0 Å². The predicted octanol–water partition coefficient (Wildman–Crippen LogP) is 3.51. The largest absolute Gasteiger partial charge is 0.339 e. The van der Waals surface area contributed by atoms with Crippen molar-refractivity contribution in [2.75, 3.05) is 5.32 Å². The number of hydrogen-bond acceptors (Lipinski definition) is 4. The van der Waals surface area contributed by atoms with Gasteiger partial charge in [-0.15, -0.1) is 11.3 Å². The maximum absolute atomic E-state index is 12.5. The zero-order chi connectivity index (χ0) is 16.2. The van der Waals surface area contributed by atoms with Crippen LogP contribution < -0.4 is 5.32 Å². The summed E-state index contributed by atoms with van der Waals surface area (Å²) in [5.74, 6) is -0.143. The molecule has 6 heteroatoms. The van der Waals surface area contributed by atoms with Crippen LogP contribution in [0.1, 0.15) is 33.5 Å². The highest BCUT2D eigenvalue weighted by Gasteiger charge is 2.14. The van der Waals surface area contributed by atoms with E-state index in [1.165, 1.54) is 11.3 Å². The Labute approximate surface area is 139 Å². The molecular weight excluding hydrogens is 308 g/mol. The van der Waals surface area contributed by atoms with E-state index >= 15 is 0 Å². The summed E-state index contributed by atoms with van der Waals surface area (Å²) in [5.41, 5.74) is 2.70. The van der Waals surface area contributed by atoms with E-state index in [2.05, 4.69) is 22.2 Å². The molecular formula is C17H18N4OS. The van der Waals surface area contributed by atoms with Gasteiger partial charge in [-0.2, -0.15) is 0 Å². The fourth-order valence-electron chi connectivity index (χ4n) is 2.42. The van der Waals surface area contributed by atoms with Crippen molar-refractivity contribution in [3.05, 3.63) is 64.7 Å². The van der Waals surface area contributed by atoms with Gasteiger partial charge in [-0.05, 0) is 37.1 Å². The van der Waals surface area contributed by atoms with Gasteiger partial charge in [0.25, 0.3) is 5.91 Å². The number of nitrogens with one attached hydrogen (secondary N) is 1. The van der Waals surface area contributed by atoms with Crippen LogP contribution in [0.4, 0.5) is 5.13 Å². The van der Waals surface area contributed by atoms with Crippen molar-refractivity contribution in [3.63, 3.8) is 0 Å². The quantitative estimate of drug-likeness (QED) is 0.780. The van der Waals surface area contributed by atoms with E-state index in [0.29, 0.717) is 17.4 Å². The molecule has 3 aromatic rings. The van der Waals surface area contributed by atoms with E-state index in [-0.39, 0.29) is 5.91 Å². The van der Waals surface area contributed by atoms with Gasteiger partial charge < -0.3 is 4.57 Å². The second-order valence-corrected chi connectivity index (χ2v) is 6.42. The van der Waals surface area contributed by atoms with Crippen LogP contribution in [0.25, 0.3) is 0 Å². The van der Waals surface area contributed by atoms with Crippen LogP contribution in [-0.2, 0) is 13.0 Å². The molecule has 0 unspecified atom stereocenters. The molecule has 3 rings (SSSR count). The van der Waals surface area contributed by atoms with E-state index in [4.69, 9.17) is 0 Å². The summed E-state index contributed by atoms with van der Waals surface area (Å²) in [4.78, 5) is 22.2. The standard InChI is InChI=1S/C17H18N4OS/c1-3-14-12(2)23-17(19-14)20-16(22)15-7-5-9-21(15)11-13-6-4-8-18-10-13/h4-10H,3,11H2,1-2H3,(H,19,20,22). The SMILES string of the molecule is CCc1nc(NC(=O)c2cccn2Cc2cccnc2)sc1C. The lowest BCUT2D eigenvalue weighted by Crippen LogP contribution is -2.17. The highest BCUT2D eigenvalue weighted by molar-refractivity contribution is 7.15. The Hall–Kier alpha value is -2.47. The van der Waals surface area contributed by atoms with E-state index in [1.807, 2.05) is 42.0 Å². The minimum atomic E-state index is -0.143. The third kappa shape index (κ3) is 3.48. The maximum atomic E-state index is 12.5. The summed E-state index contributed by atoms with van der Waals surface area (Å²) >= 11 is 1.51. The number of aryl methyl sites for hydroxylation is 2. The average molecular weight is 326 g/mol. The summed E-state index contributed by atoms with van der Waals surface area (Å²) in [6.07, 6.45) is 6.31. The molecule has 1 N–H and O–H groups in total. The van der Waals surface area contributed by atoms with Crippen molar-refractivity contribution in [2.24, 2.45) is 0 Å². The predicted molar refractivity (Wildman–Crippen MR) is 92.0 cm³/mol. The lowest BCUT2D eigenvalue weighted by Gasteiger charge is -2.08. The first-order valence-corrected chi connectivity index (χ1v) is 8.30. The highest BCUT2D eigenvalue weighted by atomic mass is 32.1. The lowest BCUT2D eigenvalue weighted by molar-refractivity contribution is 0.101. The molecule has 23 heavy (non-hydrogen) atoms. The third-order valence-corrected chi connectivity index (χ3v) is 4.51. The van der Waals surface area contributed by atoms with Gasteiger partial charge in [0.15, 0.2) is 5.13 Å². The Bertz CT molecular complexity index is 807. The molecule has 0 saturated carbocycles. The summed E-state index contributed by atoms with van der Waals surface area (Å²) in [6.45, 7) is 4.70. The fraction of sp³-hybridized carbons (Fsp3) is 0.235. The number of carbonyl (C=O) groups excluding carboxylic acids is 1. The van der Waals surface area contributed by atoms with Crippen LogP contribution in [0.15, 0.2) is 42.9 Å². The number of anilines is 1. The first-order chi connectivity index (χ1) is 11.2. The minimum absolute atomic E-state index is 0.143. The normalized spacial score (nSPS) is 10.7. The van der Waals surface area contributed by atoms with Crippen LogP contribution in [0.5, 0.6) is 0 Å². The number of thiazole rings is 1. The molecule has 118 valence electrons. The topological polar surface area (TPSA) is 59.8 Å². The molecule has 1 amide bonds. The summed E-state index contributed by atoms with van der Waals surface area (Å²) in [5, 5.41) is 3.55. The molecule has 0 fully saturated rings. The molecule has 0 aliphatic rings. The number of pyridine rings is 1. The Kier molecular flexibility index (Phi) is 4.52. The average Bonchev–Trinajstić information content (AvgIpc) is 3.14. The van der Waals surface area contributed by atoms with E-state index in [9.17, 15) is 4.79 Å². The van der Waals surface area contributed by atoms with E-state index in [0.717, 1.165) is 22.6 Å². The highest BCUT2D eigenvalue weighted by Crippen LogP contribution is 2.23.